The van der Waals surface area contributed by atoms with Gasteiger partial charge in [0, 0.05) is 17.5 Å². The second-order valence-electron chi connectivity index (χ2n) is 18.2. The third-order valence-electron chi connectivity index (χ3n) is 10.7. The number of fused-ring (bicyclic) bond motifs is 5. The van der Waals surface area contributed by atoms with Crippen molar-refractivity contribution in [2.75, 3.05) is 25.0 Å². The minimum Gasteiger partial charge on any atom is -0.373 e. The average molecular weight is 876 g/mol. The number of anilines is 1. The maximum Gasteiger partial charge on any atom is 0.255 e. The van der Waals surface area contributed by atoms with E-state index in [1.165, 1.54) is 0 Å². The van der Waals surface area contributed by atoms with Gasteiger partial charge in [-0.15, -0.1) is 0 Å². The molecule has 6 amide bonds. The van der Waals surface area contributed by atoms with Gasteiger partial charge in [-0.05, 0) is 93.8 Å². The first-order chi connectivity index (χ1) is 30.0. The van der Waals surface area contributed by atoms with Crippen LogP contribution in [-0.4, -0.2) is 88.8 Å². The molecule has 1 aliphatic heterocycles. The number of amides is 6. The number of primary amides is 1. The lowest BCUT2D eigenvalue weighted by Crippen LogP contribution is -2.55. The second kappa shape index (κ2) is 20.3. The van der Waals surface area contributed by atoms with Crippen molar-refractivity contribution >= 4 is 41.1 Å². The minimum absolute atomic E-state index is 0.0301. The van der Waals surface area contributed by atoms with Crippen LogP contribution in [0.1, 0.15) is 92.0 Å². The SMILES string of the molecule is Cc1cc2cc(c1NC(=O)[C@H](CCN)NC(=O)[C@@H](COC(C)(C)C)NC(=O)c1c(C)nc(-c3ccc(C(C)(C)C)cc3)nc1C)-c1cccc(c1)CC(=O)NCC(=O)NC(C(N)=O)C2. The summed E-state index contributed by atoms with van der Waals surface area (Å²) in [5, 5.41) is 13.8. The van der Waals surface area contributed by atoms with Gasteiger partial charge >= 0.3 is 0 Å². The van der Waals surface area contributed by atoms with Crippen LogP contribution in [0.15, 0.2) is 60.7 Å². The van der Waals surface area contributed by atoms with Crippen molar-refractivity contribution in [1.29, 1.82) is 0 Å². The number of carbonyl (C=O) groups is 6. The largest absolute Gasteiger partial charge is 0.373 e. The highest BCUT2D eigenvalue weighted by Gasteiger charge is 2.31. The normalized spacial score (nSPS) is 15.4. The van der Waals surface area contributed by atoms with E-state index in [1.54, 1.807) is 51.1 Å². The molecule has 3 atom stereocenters. The maximum absolute atomic E-state index is 14.3. The van der Waals surface area contributed by atoms with E-state index < -0.39 is 59.2 Å². The van der Waals surface area contributed by atoms with Gasteiger partial charge in [0.2, 0.25) is 29.5 Å². The Hall–Kier alpha value is -6.52. The van der Waals surface area contributed by atoms with E-state index in [-0.39, 0.29) is 49.9 Å². The Morgan fingerprint density at radius 1 is 0.828 bits per heavy atom. The lowest BCUT2D eigenvalue weighted by atomic mass is 9.86. The number of aromatic nitrogens is 2. The van der Waals surface area contributed by atoms with Gasteiger partial charge in [-0.3, -0.25) is 28.8 Å². The molecule has 0 aliphatic carbocycles. The van der Waals surface area contributed by atoms with Gasteiger partial charge in [0.05, 0.1) is 47.8 Å². The smallest absolute Gasteiger partial charge is 0.255 e. The number of benzene rings is 3. The number of aryl methyl sites for hydroxylation is 3. The summed E-state index contributed by atoms with van der Waals surface area (Å²) in [6, 6.07) is 15.2. The van der Waals surface area contributed by atoms with Crippen molar-refractivity contribution < 1.29 is 33.5 Å². The lowest BCUT2D eigenvalue weighted by molar-refractivity contribution is -0.130. The van der Waals surface area contributed by atoms with E-state index in [0.717, 1.165) is 11.1 Å². The highest BCUT2D eigenvalue weighted by Crippen LogP contribution is 2.34. The molecule has 1 aliphatic rings. The van der Waals surface area contributed by atoms with Gasteiger partial charge in [-0.25, -0.2) is 9.97 Å². The first-order valence-corrected chi connectivity index (χ1v) is 21.3. The molecular formula is C48H61N9O7. The number of rotatable bonds is 12. The van der Waals surface area contributed by atoms with Crippen LogP contribution < -0.4 is 38.1 Å². The van der Waals surface area contributed by atoms with Gasteiger partial charge in [0.25, 0.3) is 5.91 Å². The average Bonchev–Trinajstić information content (AvgIpc) is 3.20. The summed E-state index contributed by atoms with van der Waals surface area (Å²) in [5.74, 6) is -3.14. The Kier molecular flexibility index (Phi) is 15.4. The molecule has 2 heterocycles. The lowest BCUT2D eigenvalue weighted by Gasteiger charge is -2.27. The highest BCUT2D eigenvalue weighted by atomic mass is 16.5. The van der Waals surface area contributed by atoms with E-state index in [0.29, 0.717) is 50.7 Å². The molecule has 9 N–H and O–H groups in total. The number of nitrogens with zero attached hydrogens (tertiary/aromatic N) is 2. The van der Waals surface area contributed by atoms with Crippen LogP contribution in [-0.2, 0) is 47.0 Å². The third kappa shape index (κ3) is 12.8. The molecule has 0 saturated carbocycles. The molecule has 4 bridgehead atoms. The Morgan fingerprint density at radius 2 is 1.50 bits per heavy atom. The monoisotopic (exact) mass is 875 g/mol. The molecule has 5 rings (SSSR count). The molecule has 1 aromatic heterocycles. The van der Waals surface area contributed by atoms with E-state index in [1.807, 2.05) is 51.1 Å². The van der Waals surface area contributed by atoms with Crippen LogP contribution in [0.3, 0.4) is 0 Å². The summed E-state index contributed by atoms with van der Waals surface area (Å²) in [7, 11) is 0. The quantitative estimate of drug-likeness (QED) is 0.109. The number of nitrogens with one attached hydrogen (secondary N) is 5. The van der Waals surface area contributed by atoms with Gasteiger partial charge in [0.1, 0.15) is 18.1 Å². The van der Waals surface area contributed by atoms with Crippen LogP contribution in [0.5, 0.6) is 0 Å². The minimum atomic E-state index is -1.25. The Morgan fingerprint density at radius 3 is 2.11 bits per heavy atom. The standard InChI is InChI=1S/C48H61N9O7/c1-26-19-30-21-34(32-12-10-11-29(20-32)23-38(58)51-24-39(59)54-36(22-30)42(50)60)41(26)57-44(61)35(17-18-49)55-45(62)37(25-64-48(7,8)9)56-46(63)40-27(2)52-43(53-28(40)3)31-13-15-33(16-14-31)47(4,5)6/h10-16,19-21,35-37H,17-18,22-25,49H2,1-9H3,(H2,50,60)(H,51,58)(H,54,59)(H,55,62)(H,56,63)(H,57,61)/t35-,36?,37+/m0/s1. The number of carbonyl (C=O) groups excluding carboxylic acids is 6. The first-order valence-electron chi connectivity index (χ1n) is 21.3. The predicted octanol–water partition coefficient (Wildman–Crippen LogP) is 3.60. The Balaban J connectivity index is 1.43. The van der Waals surface area contributed by atoms with E-state index in [2.05, 4.69) is 57.3 Å². The zero-order chi connectivity index (χ0) is 47.1. The molecule has 1 unspecified atom stereocenters. The van der Waals surface area contributed by atoms with Crippen LogP contribution in [0, 0.1) is 20.8 Å². The Bertz CT molecular complexity index is 2400. The molecule has 16 heteroatoms. The zero-order valence-electron chi connectivity index (χ0n) is 38.2. The molecule has 4 aromatic rings. The van der Waals surface area contributed by atoms with Crippen molar-refractivity contribution in [2.45, 2.75) is 111 Å². The molecule has 0 spiro atoms. The van der Waals surface area contributed by atoms with E-state index in [9.17, 15) is 28.8 Å². The van der Waals surface area contributed by atoms with Gasteiger partial charge in [-0.2, -0.15) is 0 Å². The predicted molar refractivity (Wildman–Crippen MR) is 245 cm³/mol. The van der Waals surface area contributed by atoms with Crippen molar-refractivity contribution in [3.05, 3.63) is 99.9 Å². The molecule has 0 radical (unpaired) electrons. The fourth-order valence-electron chi connectivity index (χ4n) is 7.31. The Labute approximate surface area is 374 Å². The van der Waals surface area contributed by atoms with Crippen LogP contribution in [0.25, 0.3) is 22.5 Å². The first kappa shape index (κ1) is 48.5. The molecule has 0 fully saturated rings. The van der Waals surface area contributed by atoms with E-state index in [4.69, 9.17) is 16.2 Å². The van der Waals surface area contributed by atoms with Gasteiger partial charge in [-0.1, -0.05) is 75.4 Å². The van der Waals surface area contributed by atoms with Crippen molar-refractivity contribution in [1.82, 2.24) is 31.2 Å². The molecule has 16 nitrogen and oxygen atoms in total. The number of ether oxygens (including phenoxy) is 1. The van der Waals surface area contributed by atoms with Crippen LogP contribution >= 0.6 is 0 Å². The molecule has 3 aromatic carbocycles. The summed E-state index contributed by atoms with van der Waals surface area (Å²) in [4.78, 5) is 89.6. The summed E-state index contributed by atoms with van der Waals surface area (Å²) < 4.78 is 6.00. The number of nitrogens with two attached hydrogens (primary N) is 2. The fraction of sp³-hybridized carbons (Fsp3) is 0.417. The van der Waals surface area contributed by atoms with Crippen molar-refractivity contribution in [3.8, 4) is 22.5 Å². The van der Waals surface area contributed by atoms with Gasteiger partial charge < -0.3 is 42.8 Å². The highest BCUT2D eigenvalue weighted by molar-refractivity contribution is 6.03. The second-order valence-corrected chi connectivity index (χ2v) is 18.2. The summed E-state index contributed by atoms with van der Waals surface area (Å²) in [5.41, 5.74) is 17.5. The number of hydrogen-bond acceptors (Lipinski definition) is 10. The van der Waals surface area contributed by atoms with Crippen molar-refractivity contribution in [2.24, 2.45) is 11.5 Å². The molecular weight excluding hydrogens is 815 g/mol. The third-order valence-corrected chi connectivity index (χ3v) is 10.7. The maximum atomic E-state index is 14.3. The number of hydrogen-bond donors (Lipinski definition) is 7. The fourth-order valence-corrected chi connectivity index (χ4v) is 7.31. The van der Waals surface area contributed by atoms with Gasteiger partial charge in [0.15, 0.2) is 5.82 Å². The van der Waals surface area contributed by atoms with E-state index >= 15 is 0 Å². The molecule has 0 saturated heterocycles. The summed E-state index contributed by atoms with van der Waals surface area (Å²) >= 11 is 0. The van der Waals surface area contributed by atoms with Crippen LogP contribution in [0.4, 0.5) is 5.69 Å². The molecule has 340 valence electrons. The van der Waals surface area contributed by atoms with Crippen LogP contribution in [0.2, 0.25) is 0 Å². The molecule has 64 heavy (non-hydrogen) atoms. The zero-order valence-corrected chi connectivity index (χ0v) is 38.2. The summed E-state index contributed by atoms with van der Waals surface area (Å²) in [6.45, 7) is 16.5. The topological polar surface area (TPSA) is 250 Å². The summed E-state index contributed by atoms with van der Waals surface area (Å²) in [6.07, 6.45) is 0.0402. The van der Waals surface area contributed by atoms with Crippen molar-refractivity contribution in [3.63, 3.8) is 0 Å².